The number of halogens is 1. The van der Waals surface area contributed by atoms with Gasteiger partial charge in [-0.2, -0.15) is 0 Å². The number of rotatable bonds is 10. The quantitative estimate of drug-likeness (QED) is 0.200. The number of allylic oxidation sites excluding steroid dienone is 3. The molecule has 208 valence electrons. The molecule has 2 aromatic rings. The van der Waals surface area contributed by atoms with E-state index >= 15 is 0 Å². The van der Waals surface area contributed by atoms with E-state index in [4.69, 9.17) is 16.3 Å². The SMILES string of the molecule is CCC(C)=CC=N/C=C(\C)Oc1cccc(C2CN(CCN3CCNCCS3)C(=O)N2c2ccc(Cl)cc2)c1. The van der Waals surface area contributed by atoms with Gasteiger partial charge in [-0.05, 0) is 68.3 Å². The highest BCUT2D eigenvalue weighted by molar-refractivity contribution is 7.97. The molecule has 4 rings (SSSR count). The van der Waals surface area contributed by atoms with Crippen molar-refractivity contribution in [1.29, 1.82) is 0 Å². The lowest BCUT2D eigenvalue weighted by Gasteiger charge is -2.24. The topological polar surface area (TPSA) is 60.4 Å². The fourth-order valence-corrected chi connectivity index (χ4v) is 5.52. The van der Waals surface area contributed by atoms with Gasteiger partial charge in [-0.15, -0.1) is 0 Å². The van der Waals surface area contributed by atoms with Crippen LogP contribution in [0.1, 0.15) is 38.8 Å². The maximum atomic E-state index is 13.7. The van der Waals surface area contributed by atoms with Gasteiger partial charge in [0.1, 0.15) is 11.5 Å². The average molecular weight is 568 g/mol. The van der Waals surface area contributed by atoms with E-state index in [0.29, 0.717) is 29.6 Å². The van der Waals surface area contributed by atoms with Crippen LogP contribution in [-0.2, 0) is 0 Å². The van der Waals surface area contributed by atoms with E-state index in [-0.39, 0.29) is 12.1 Å². The van der Waals surface area contributed by atoms with Gasteiger partial charge in [-0.3, -0.25) is 9.89 Å². The van der Waals surface area contributed by atoms with Gasteiger partial charge in [0.2, 0.25) is 0 Å². The summed E-state index contributed by atoms with van der Waals surface area (Å²) >= 11 is 8.01. The first kappa shape index (κ1) is 29.2. The molecule has 39 heavy (non-hydrogen) atoms. The van der Waals surface area contributed by atoms with Crippen LogP contribution in [0.15, 0.2) is 77.1 Å². The Morgan fingerprint density at radius 2 is 2.00 bits per heavy atom. The van der Waals surface area contributed by atoms with Crippen LogP contribution in [-0.4, -0.2) is 66.5 Å². The van der Waals surface area contributed by atoms with Crippen LogP contribution in [0, 0.1) is 0 Å². The molecule has 0 saturated carbocycles. The standard InChI is InChI=1S/C30H38ClN5O2S/c1-4-23(2)12-13-33-21-24(3)38-28-7-5-6-25(20-28)29-22-34(17-18-35-16-14-32-15-19-39-35)30(37)36(29)27-10-8-26(31)9-11-27/h5-13,20-21,29,32H,4,14-19,22H2,1-3H3/b23-12?,24-21+,33-13?. The van der Waals surface area contributed by atoms with Gasteiger partial charge in [0.05, 0.1) is 12.2 Å². The summed E-state index contributed by atoms with van der Waals surface area (Å²) in [7, 11) is 0. The highest BCUT2D eigenvalue weighted by atomic mass is 35.5. The Balaban J connectivity index is 1.52. The van der Waals surface area contributed by atoms with Gasteiger partial charge in [0.15, 0.2) is 0 Å². The molecule has 2 fully saturated rings. The summed E-state index contributed by atoms with van der Waals surface area (Å²) in [6.45, 7) is 11.2. The second-order valence-corrected chi connectivity index (χ2v) is 11.3. The number of anilines is 1. The first-order valence-corrected chi connectivity index (χ1v) is 14.8. The lowest BCUT2D eigenvalue weighted by Crippen LogP contribution is -2.37. The van der Waals surface area contributed by atoms with E-state index in [1.807, 2.05) is 77.2 Å². The van der Waals surface area contributed by atoms with Crippen molar-refractivity contribution in [3.8, 4) is 5.75 Å². The van der Waals surface area contributed by atoms with Crippen molar-refractivity contribution in [2.24, 2.45) is 4.99 Å². The Morgan fingerprint density at radius 1 is 1.18 bits per heavy atom. The van der Waals surface area contributed by atoms with Crippen molar-refractivity contribution in [1.82, 2.24) is 14.5 Å². The maximum absolute atomic E-state index is 13.7. The Labute approximate surface area is 241 Å². The van der Waals surface area contributed by atoms with E-state index in [1.54, 1.807) is 12.4 Å². The highest BCUT2D eigenvalue weighted by Gasteiger charge is 2.39. The third kappa shape index (κ3) is 8.35. The summed E-state index contributed by atoms with van der Waals surface area (Å²) in [4.78, 5) is 21.9. The molecule has 9 heteroatoms. The highest BCUT2D eigenvalue weighted by Crippen LogP contribution is 2.36. The molecule has 2 aliphatic heterocycles. The molecule has 1 unspecified atom stereocenters. The zero-order valence-electron chi connectivity index (χ0n) is 23.0. The molecule has 0 aromatic heterocycles. The first-order chi connectivity index (χ1) is 18.9. The number of amides is 2. The first-order valence-electron chi connectivity index (χ1n) is 13.5. The second-order valence-electron chi connectivity index (χ2n) is 9.68. The van der Waals surface area contributed by atoms with Crippen LogP contribution < -0.4 is 15.0 Å². The number of aliphatic imine (C=N–C) groups is 1. The number of hydrogen-bond acceptors (Lipinski definition) is 6. The van der Waals surface area contributed by atoms with Crippen molar-refractivity contribution < 1.29 is 9.53 Å². The van der Waals surface area contributed by atoms with Crippen LogP contribution in [0.25, 0.3) is 0 Å². The number of hydrogen-bond donors (Lipinski definition) is 1. The van der Waals surface area contributed by atoms with Crippen LogP contribution >= 0.6 is 23.5 Å². The molecule has 7 nitrogen and oxygen atoms in total. The minimum absolute atomic E-state index is 0.00688. The third-order valence-electron chi connectivity index (χ3n) is 6.78. The van der Waals surface area contributed by atoms with Crippen LogP contribution in [0.2, 0.25) is 5.02 Å². The molecule has 2 amide bonds. The largest absolute Gasteiger partial charge is 0.460 e. The van der Waals surface area contributed by atoms with Crippen molar-refractivity contribution in [3.63, 3.8) is 0 Å². The summed E-state index contributed by atoms with van der Waals surface area (Å²) in [5.41, 5.74) is 3.12. The lowest BCUT2D eigenvalue weighted by molar-refractivity contribution is 0.217. The summed E-state index contributed by atoms with van der Waals surface area (Å²) in [5.74, 6) is 2.45. The molecule has 2 aliphatic rings. The Morgan fingerprint density at radius 3 is 2.79 bits per heavy atom. The van der Waals surface area contributed by atoms with E-state index in [2.05, 4.69) is 34.5 Å². The molecule has 0 spiro atoms. The normalized spacial score (nSPS) is 19.7. The number of carbonyl (C=O) groups excluding carboxylic acids is 1. The van der Waals surface area contributed by atoms with Crippen LogP contribution in [0.4, 0.5) is 10.5 Å². The number of urea groups is 1. The average Bonchev–Trinajstić information content (AvgIpc) is 3.08. The molecular weight excluding hydrogens is 530 g/mol. The summed E-state index contributed by atoms with van der Waals surface area (Å²) in [6, 6.07) is 15.3. The Hall–Kier alpha value is -2.78. The third-order valence-corrected chi connectivity index (χ3v) is 8.15. The minimum Gasteiger partial charge on any atom is -0.460 e. The number of benzene rings is 2. The fraction of sp³-hybridized carbons (Fsp3) is 0.400. The molecule has 2 heterocycles. The van der Waals surface area contributed by atoms with Crippen LogP contribution in [0.3, 0.4) is 0 Å². The predicted molar refractivity (Wildman–Crippen MR) is 164 cm³/mol. The van der Waals surface area contributed by atoms with Crippen molar-refractivity contribution >= 4 is 41.5 Å². The van der Waals surface area contributed by atoms with Gasteiger partial charge in [-0.1, -0.05) is 48.2 Å². The minimum atomic E-state index is -0.148. The molecule has 0 aliphatic carbocycles. The second kappa shape index (κ2) is 14.6. The molecule has 2 saturated heterocycles. The van der Waals surface area contributed by atoms with E-state index < -0.39 is 0 Å². The van der Waals surface area contributed by atoms with Crippen molar-refractivity contribution in [2.45, 2.75) is 33.2 Å². The number of carbonyl (C=O) groups is 1. The zero-order valence-corrected chi connectivity index (χ0v) is 24.5. The molecule has 2 aromatic carbocycles. The van der Waals surface area contributed by atoms with E-state index in [0.717, 1.165) is 49.6 Å². The maximum Gasteiger partial charge on any atom is 0.325 e. The van der Waals surface area contributed by atoms with E-state index in [9.17, 15) is 4.79 Å². The van der Waals surface area contributed by atoms with Gasteiger partial charge in [-0.25, -0.2) is 9.10 Å². The monoisotopic (exact) mass is 567 g/mol. The Kier molecular flexibility index (Phi) is 10.9. The molecule has 0 bridgehead atoms. The van der Waals surface area contributed by atoms with Crippen molar-refractivity contribution in [3.05, 3.63) is 82.7 Å². The molecular formula is C30H38ClN5O2S. The molecule has 1 atom stereocenters. The van der Waals surface area contributed by atoms with Crippen LogP contribution in [0.5, 0.6) is 5.75 Å². The van der Waals surface area contributed by atoms with Gasteiger partial charge in [0.25, 0.3) is 0 Å². The number of ether oxygens (including phenoxy) is 1. The Bertz CT molecular complexity index is 1190. The smallest absolute Gasteiger partial charge is 0.325 e. The van der Waals surface area contributed by atoms with Crippen molar-refractivity contribution in [2.75, 3.05) is 49.9 Å². The molecule has 1 N–H and O–H groups in total. The summed E-state index contributed by atoms with van der Waals surface area (Å²) in [5, 5.41) is 4.07. The molecule has 0 radical (unpaired) electrons. The number of nitrogens with one attached hydrogen (secondary N) is 1. The number of nitrogens with zero attached hydrogens (tertiary/aromatic N) is 4. The fourth-order valence-electron chi connectivity index (χ4n) is 4.47. The van der Waals surface area contributed by atoms with Gasteiger partial charge < -0.3 is 15.0 Å². The van der Waals surface area contributed by atoms with E-state index in [1.165, 1.54) is 5.57 Å². The summed E-state index contributed by atoms with van der Waals surface area (Å²) < 4.78 is 8.43. The zero-order chi connectivity index (χ0) is 27.6. The lowest BCUT2D eigenvalue weighted by atomic mass is 10.1. The van der Waals surface area contributed by atoms with Gasteiger partial charge >= 0.3 is 6.03 Å². The van der Waals surface area contributed by atoms with Gasteiger partial charge in [0, 0.05) is 61.9 Å². The summed E-state index contributed by atoms with van der Waals surface area (Å²) in [6.07, 6.45) is 6.50. The predicted octanol–water partition coefficient (Wildman–Crippen LogP) is 6.54.